The first-order valence-corrected chi connectivity index (χ1v) is 9.13. The monoisotopic (exact) mass is 356 g/mol. The predicted molar refractivity (Wildman–Crippen MR) is 104 cm³/mol. The van der Waals surface area contributed by atoms with Crippen molar-refractivity contribution in [3.8, 4) is 11.5 Å². The molecule has 140 valence electrons. The Kier molecular flexibility index (Phi) is 6.36. The number of para-hydroxylation sites is 1. The molecule has 1 saturated heterocycles. The minimum atomic E-state index is -0.508. The van der Waals surface area contributed by atoms with Crippen LogP contribution in [0.15, 0.2) is 48.5 Å². The van der Waals surface area contributed by atoms with Gasteiger partial charge in [0.05, 0.1) is 7.11 Å². The molecule has 0 amide bonds. The summed E-state index contributed by atoms with van der Waals surface area (Å²) in [5, 5.41) is 10.3. The van der Waals surface area contributed by atoms with E-state index in [-0.39, 0.29) is 6.61 Å². The molecule has 0 radical (unpaired) electrons. The number of methoxy groups -OCH3 is 1. The molecule has 5 heteroatoms. The lowest BCUT2D eigenvalue weighted by Gasteiger charge is -2.37. The molecule has 1 aliphatic heterocycles. The molecular weight excluding hydrogens is 328 g/mol. The second kappa shape index (κ2) is 8.92. The third-order valence-electron chi connectivity index (χ3n) is 4.78. The van der Waals surface area contributed by atoms with Crippen LogP contribution in [-0.2, 0) is 0 Å². The molecule has 1 heterocycles. The number of hydrogen-bond acceptors (Lipinski definition) is 5. The van der Waals surface area contributed by atoms with E-state index in [9.17, 15) is 5.11 Å². The minimum Gasteiger partial charge on any atom is -0.497 e. The van der Waals surface area contributed by atoms with Gasteiger partial charge in [0.2, 0.25) is 0 Å². The van der Waals surface area contributed by atoms with Crippen LogP contribution in [0.3, 0.4) is 0 Å². The summed E-state index contributed by atoms with van der Waals surface area (Å²) >= 11 is 0. The number of rotatable bonds is 7. The van der Waals surface area contributed by atoms with Crippen molar-refractivity contribution in [1.82, 2.24) is 4.90 Å². The molecule has 26 heavy (non-hydrogen) atoms. The third-order valence-corrected chi connectivity index (χ3v) is 4.78. The number of nitrogens with zero attached hydrogens (tertiary/aromatic N) is 2. The Labute approximate surface area is 155 Å². The van der Waals surface area contributed by atoms with Crippen molar-refractivity contribution in [3.63, 3.8) is 0 Å². The highest BCUT2D eigenvalue weighted by Crippen LogP contribution is 2.21. The fourth-order valence-corrected chi connectivity index (χ4v) is 3.32. The second-order valence-corrected chi connectivity index (χ2v) is 6.72. The molecule has 0 aliphatic carbocycles. The fourth-order valence-electron chi connectivity index (χ4n) is 3.32. The van der Waals surface area contributed by atoms with Gasteiger partial charge in [0.1, 0.15) is 24.2 Å². The Morgan fingerprint density at radius 3 is 2.46 bits per heavy atom. The van der Waals surface area contributed by atoms with Gasteiger partial charge >= 0.3 is 0 Å². The molecule has 1 N–H and O–H groups in total. The Bertz CT molecular complexity index is 699. The van der Waals surface area contributed by atoms with Crippen molar-refractivity contribution < 1.29 is 14.6 Å². The van der Waals surface area contributed by atoms with Crippen LogP contribution in [0.1, 0.15) is 5.56 Å². The molecule has 1 fully saturated rings. The van der Waals surface area contributed by atoms with Crippen molar-refractivity contribution in [2.24, 2.45) is 0 Å². The number of anilines is 1. The molecule has 1 aliphatic rings. The standard InChI is InChI=1S/C21H28N2O3/c1-17-6-3-4-9-21(17)23-12-10-22(11-13-23)15-18(24)16-26-20-8-5-7-19(14-20)25-2/h3-9,14,18,24H,10-13,15-16H2,1-2H3/t18-/m1/s1. The lowest BCUT2D eigenvalue weighted by molar-refractivity contribution is 0.0662. The van der Waals surface area contributed by atoms with Gasteiger partial charge in [-0.05, 0) is 30.7 Å². The first kappa shape index (κ1) is 18.5. The van der Waals surface area contributed by atoms with E-state index in [1.807, 2.05) is 24.3 Å². The van der Waals surface area contributed by atoms with Gasteiger partial charge in [0.25, 0.3) is 0 Å². The van der Waals surface area contributed by atoms with E-state index in [1.165, 1.54) is 11.3 Å². The van der Waals surface area contributed by atoms with E-state index >= 15 is 0 Å². The van der Waals surface area contributed by atoms with Gasteiger partial charge in [0, 0.05) is 44.5 Å². The first-order chi connectivity index (χ1) is 12.7. The van der Waals surface area contributed by atoms with E-state index < -0.39 is 6.10 Å². The van der Waals surface area contributed by atoms with Crippen LogP contribution < -0.4 is 14.4 Å². The number of aliphatic hydroxyl groups excluding tert-OH is 1. The summed E-state index contributed by atoms with van der Waals surface area (Å²) < 4.78 is 10.9. The number of aryl methyl sites for hydroxylation is 1. The Morgan fingerprint density at radius 1 is 1.00 bits per heavy atom. The smallest absolute Gasteiger partial charge is 0.123 e. The molecule has 0 spiro atoms. The highest BCUT2D eigenvalue weighted by molar-refractivity contribution is 5.53. The predicted octanol–water partition coefficient (Wildman–Crippen LogP) is 2.57. The van der Waals surface area contributed by atoms with Crippen molar-refractivity contribution in [3.05, 3.63) is 54.1 Å². The number of piperazine rings is 1. The van der Waals surface area contributed by atoms with Crippen LogP contribution in [-0.4, -0.2) is 62.6 Å². The molecule has 5 nitrogen and oxygen atoms in total. The Morgan fingerprint density at radius 2 is 1.73 bits per heavy atom. The van der Waals surface area contributed by atoms with Gasteiger partial charge in [-0.25, -0.2) is 0 Å². The zero-order valence-electron chi connectivity index (χ0n) is 15.6. The van der Waals surface area contributed by atoms with Crippen molar-refractivity contribution >= 4 is 5.69 Å². The summed E-state index contributed by atoms with van der Waals surface area (Å²) in [5.41, 5.74) is 2.63. The molecule has 0 bridgehead atoms. The maximum Gasteiger partial charge on any atom is 0.123 e. The van der Waals surface area contributed by atoms with Crippen molar-refractivity contribution in [1.29, 1.82) is 0 Å². The number of aliphatic hydroxyl groups is 1. The first-order valence-electron chi connectivity index (χ1n) is 9.13. The SMILES string of the molecule is COc1cccc(OC[C@H](O)CN2CCN(c3ccccc3C)CC2)c1. The van der Waals surface area contributed by atoms with E-state index in [1.54, 1.807) is 7.11 Å². The molecule has 0 aromatic heterocycles. The minimum absolute atomic E-state index is 0.283. The van der Waals surface area contributed by atoms with Crippen LogP contribution >= 0.6 is 0 Å². The average molecular weight is 356 g/mol. The maximum absolute atomic E-state index is 10.3. The molecule has 2 aromatic rings. The summed E-state index contributed by atoms with van der Waals surface area (Å²) in [6.45, 7) is 6.93. The lowest BCUT2D eigenvalue weighted by atomic mass is 10.1. The molecule has 2 aromatic carbocycles. The molecule has 3 rings (SSSR count). The number of hydrogen-bond donors (Lipinski definition) is 1. The number of β-amino-alcohol motifs (C(OH)–C–C–N with tert-alkyl or cyclic N) is 1. The zero-order valence-corrected chi connectivity index (χ0v) is 15.6. The summed E-state index contributed by atoms with van der Waals surface area (Å²) in [6, 6.07) is 16.0. The summed E-state index contributed by atoms with van der Waals surface area (Å²) in [6.07, 6.45) is -0.508. The zero-order chi connectivity index (χ0) is 18.4. The lowest BCUT2D eigenvalue weighted by Crippen LogP contribution is -2.49. The van der Waals surface area contributed by atoms with Crippen LogP contribution in [0.4, 0.5) is 5.69 Å². The van der Waals surface area contributed by atoms with Crippen LogP contribution in [0, 0.1) is 6.92 Å². The fraction of sp³-hybridized carbons (Fsp3) is 0.429. The maximum atomic E-state index is 10.3. The van der Waals surface area contributed by atoms with Gasteiger partial charge in [0.15, 0.2) is 0 Å². The summed E-state index contributed by atoms with van der Waals surface area (Å²) in [4.78, 5) is 4.72. The number of ether oxygens (including phenoxy) is 2. The van der Waals surface area contributed by atoms with E-state index in [0.717, 1.165) is 31.9 Å². The van der Waals surface area contributed by atoms with Gasteiger partial charge in [-0.1, -0.05) is 24.3 Å². The van der Waals surface area contributed by atoms with Crippen LogP contribution in [0.25, 0.3) is 0 Å². The van der Waals surface area contributed by atoms with Gasteiger partial charge in [-0.2, -0.15) is 0 Å². The van der Waals surface area contributed by atoms with Gasteiger partial charge < -0.3 is 19.5 Å². The van der Waals surface area contributed by atoms with Gasteiger partial charge in [-0.3, -0.25) is 4.90 Å². The Balaban J connectivity index is 1.43. The quantitative estimate of drug-likeness (QED) is 0.826. The third kappa shape index (κ3) is 4.90. The second-order valence-electron chi connectivity index (χ2n) is 6.72. The number of benzene rings is 2. The Hall–Kier alpha value is -2.24. The van der Waals surface area contributed by atoms with Crippen LogP contribution in [0.5, 0.6) is 11.5 Å². The van der Waals surface area contributed by atoms with E-state index in [4.69, 9.17) is 9.47 Å². The molecular formula is C21H28N2O3. The van der Waals surface area contributed by atoms with E-state index in [0.29, 0.717) is 12.3 Å². The molecule has 0 unspecified atom stereocenters. The topological polar surface area (TPSA) is 45.2 Å². The molecule has 1 atom stereocenters. The summed E-state index contributed by atoms with van der Waals surface area (Å²) in [7, 11) is 1.63. The highest BCUT2D eigenvalue weighted by Gasteiger charge is 2.20. The van der Waals surface area contributed by atoms with Gasteiger partial charge in [-0.15, -0.1) is 0 Å². The van der Waals surface area contributed by atoms with Crippen molar-refractivity contribution in [2.45, 2.75) is 13.0 Å². The van der Waals surface area contributed by atoms with E-state index in [2.05, 4.69) is 41.0 Å². The van der Waals surface area contributed by atoms with Crippen molar-refractivity contribution in [2.75, 3.05) is 51.3 Å². The highest BCUT2D eigenvalue weighted by atomic mass is 16.5. The van der Waals surface area contributed by atoms with Crippen LogP contribution in [0.2, 0.25) is 0 Å². The molecule has 0 saturated carbocycles. The summed E-state index contributed by atoms with van der Waals surface area (Å²) in [5.74, 6) is 1.47. The average Bonchev–Trinajstić information content (AvgIpc) is 2.68. The normalized spacial score (nSPS) is 16.3. The largest absolute Gasteiger partial charge is 0.497 e.